The molecule has 5 aromatic rings. The second-order valence-corrected chi connectivity index (χ2v) is 11.8. The predicted molar refractivity (Wildman–Crippen MR) is 180 cm³/mol. The summed E-state index contributed by atoms with van der Waals surface area (Å²) in [5.74, 6) is 1.51. The largest absolute Gasteiger partial charge is 0.494 e. The number of nitrogens with one attached hydrogen (secondary N) is 1. The Morgan fingerprint density at radius 2 is 1.63 bits per heavy atom. The summed E-state index contributed by atoms with van der Waals surface area (Å²) in [5.41, 5.74) is 3.67. The molecule has 46 heavy (non-hydrogen) atoms. The fourth-order valence-corrected chi connectivity index (χ4v) is 5.76. The molecule has 0 unspecified atom stereocenters. The van der Waals surface area contributed by atoms with Gasteiger partial charge in [-0.2, -0.15) is 0 Å². The highest BCUT2D eigenvalue weighted by molar-refractivity contribution is 6.42. The van der Waals surface area contributed by atoms with Gasteiger partial charge >= 0.3 is 0 Å². The highest BCUT2D eigenvalue weighted by Crippen LogP contribution is 2.28. The Hall–Kier alpha value is -4.57. The zero-order valence-electron chi connectivity index (χ0n) is 25.5. The molecule has 0 bridgehead atoms. The molecule has 0 radical (unpaired) electrons. The van der Waals surface area contributed by atoms with Gasteiger partial charge in [0, 0.05) is 62.3 Å². The average molecular weight is 659 g/mol. The van der Waals surface area contributed by atoms with Gasteiger partial charge in [-0.05, 0) is 73.2 Å². The Labute approximate surface area is 277 Å². The molecule has 1 aliphatic heterocycles. The van der Waals surface area contributed by atoms with Crippen molar-refractivity contribution >= 4 is 51.6 Å². The van der Waals surface area contributed by atoms with Crippen molar-refractivity contribution in [1.82, 2.24) is 19.4 Å². The van der Waals surface area contributed by atoms with E-state index in [9.17, 15) is 9.59 Å². The van der Waals surface area contributed by atoms with E-state index in [1.54, 1.807) is 24.3 Å². The number of hydrogen-bond donors (Lipinski definition) is 1. The summed E-state index contributed by atoms with van der Waals surface area (Å²) in [5, 5.41) is 4.35. The minimum Gasteiger partial charge on any atom is -0.494 e. The van der Waals surface area contributed by atoms with Crippen LogP contribution in [0.2, 0.25) is 10.0 Å². The van der Waals surface area contributed by atoms with Crippen LogP contribution in [0.1, 0.15) is 33.3 Å². The second kappa shape index (κ2) is 13.8. The van der Waals surface area contributed by atoms with Crippen LogP contribution in [0.15, 0.2) is 85.1 Å². The van der Waals surface area contributed by atoms with E-state index in [0.29, 0.717) is 58.3 Å². The summed E-state index contributed by atoms with van der Waals surface area (Å²) >= 11 is 12.0. The van der Waals surface area contributed by atoms with E-state index in [-0.39, 0.29) is 11.8 Å². The van der Waals surface area contributed by atoms with Crippen LogP contribution in [0.4, 0.5) is 5.69 Å². The smallest absolute Gasteiger partial charge is 0.270 e. The molecule has 236 valence electrons. The maximum atomic E-state index is 13.5. The number of hydrogen-bond acceptors (Lipinski definition) is 6. The van der Waals surface area contributed by atoms with Crippen LogP contribution in [0, 0.1) is 0 Å². The molecule has 1 aliphatic rings. The average Bonchev–Trinajstić information content (AvgIpc) is 3.39. The van der Waals surface area contributed by atoms with Crippen LogP contribution < -0.4 is 14.8 Å². The molecule has 1 saturated heterocycles. The van der Waals surface area contributed by atoms with E-state index < -0.39 is 0 Å². The van der Waals surface area contributed by atoms with Crippen molar-refractivity contribution in [3.63, 3.8) is 0 Å². The first kappa shape index (κ1) is 31.4. The highest BCUT2D eigenvalue weighted by Gasteiger charge is 2.25. The summed E-state index contributed by atoms with van der Waals surface area (Å²) in [6.45, 7) is 6.43. The maximum absolute atomic E-state index is 13.5. The number of carbonyl (C=O) groups is 2. The van der Waals surface area contributed by atoms with Crippen LogP contribution in [-0.4, -0.2) is 64.0 Å². The fraction of sp³-hybridized carbons (Fsp3) is 0.229. The van der Waals surface area contributed by atoms with Crippen molar-refractivity contribution in [2.45, 2.75) is 13.5 Å². The van der Waals surface area contributed by atoms with Crippen molar-refractivity contribution in [3.05, 3.63) is 112 Å². The van der Waals surface area contributed by atoms with Crippen LogP contribution in [0.3, 0.4) is 0 Å². The quantitative estimate of drug-likeness (QED) is 0.179. The topological polar surface area (TPSA) is 88.9 Å². The number of ether oxygens (including phenoxy) is 2. The van der Waals surface area contributed by atoms with Crippen molar-refractivity contribution in [2.24, 2.45) is 7.05 Å². The van der Waals surface area contributed by atoms with Gasteiger partial charge in [-0.1, -0.05) is 35.3 Å². The van der Waals surface area contributed by atoms with E-state index >= 15 is 0 Å². The number of halogens is 2. The molecule has 6 rings (SSSR count). The lowest BCUT2D eigenvalue weighted by Crippen LogP contribution is -2.48. The third-order valence-corrected chi connectivity index (χ3v) is 8.67. The molecule has 0 atom stereocenters. The highest BCUT2D eigenvalue weighted by atomic mass is 35.5. The molecule has 9 nitrogen and oxygen atoms in total. The monoisotopic (exact) mass is 657 g/mol. The Morgan fingerprint density at radius 1 is 0.870 bits per heavy atom. The van der Waals surface area contributed by atoms with Crippen molar-refractivity contribution < 1.29 is 19.1 Å². The standard InChI is InChI=1S/C35H33Cl2N5O4/c1-3-45-27-8-4-23(5-9-27)22-41-14-16-42(17-15-41)35(44)32-20-25-18-28(10-12-31(25)40(32)2)46-33-13-7-26(21-38-33)39-34(43)24-6-11-29(36)30(37)19-24/h4-13,18-21H,3,14-17,22H2,1-2H3,(H,39,43). The van der Waals surface area contributed by atoms with Gasteiger partial charge in [-0.3, -0.25) is 14.5 Å². The minimum atomic E-state index is -0.334. The van der Waals surface area contributed by atoms with Crippen molar-refractivity contribution in [2.75, 3.05) is 38.1 Å². The molecule has 1 fully saturated rings. The third-order valence-electron chi connectivity index (χ3n) is 7.93. The van der Waals surface area contributed by atoms with Crippen LogP contribution in [-0.2, 0) is 13.6 Å². The summed E-state index contributed by atoms with van der Waals surface area (Å²) in [7, 11) is 1.91. The molecule has 2 aromatic heterocycles. The first-order chi connectivity index (χ1) is 22.3. The van der Waals surface area contributed by atoms with Gasteiger partial charge in [0.25, 0.3) is 11.8 Å². The van der Waals surface area contributed by atoms with E-state index in [0.717, 1.165) is 36.3 Å². The van der Waals surface area contributed by atoms with E-state index in [1.165, 1.54) is 17.8 Å². The van der Waals surface area contributed by atoms with Gasteiger partial charge in [0.2, 0.25) is 5.88 Å². The van der Waals surface area contributed by atoms with Gasteiger partial charge in [0.05, 0.1) is 28.5 Å². The Bertz CT molecular complexity index is 1870. The number of rotatable bonds is 9. The number of anilines is 1. The summed E-state index contributed by atoms with van der Waals surface area (Å²) in [6, 6.07) is 23.8. The lowest BCUT2D eigenvalue weighted by Gasteiger charge is -2.34. The first-order valence-electron chi connectivity index (χ1n) is 15.0. The zero-order chi connectivity index (χ0) is 32.2. The second-order valence-electron chi connectivity index (χ2n) is 11.0. The molecule has 2 amide bonds. The molecule has 3 heterocycles. The van der Waals surface area contributed by atoms with Crippen LogP contribution in [0.25, 0.3) is 10.9 Å². The summed E-state index contributed by atoms with van der Waals surface area (Å²) < 4.78 is 13.5. The summed E-state index contributed by atoms with van der Waals surface area (Å²) in [6.07, 6.45) is 1.51. The molecule has 11 heteroatoms. The number of amides is 2. The molecule has 0 saturated carbocycles. The van der Waals surface area contributed by atoms with Gasteiger partial charge in [0.15, 0.2) is 0 Å². The number of aryl methyl sites for hydroxylation is 1. The molecule has 0 spiro atoms. The maximum Gasteiger partial charge on any atom is 0.270 e. The van der Waals surface area contributed by atoms with Crippen molar-refractivity contribution in [3.8, 4) is 17.4 Å². The summed E-state index contributed by atoms with van der Waals surface area (Å²) in [4.78, 5) is 34.7. The number of benzene rings is 3. The number of fused-ring (bicyclic) bond motifs is 1. The number of nitrogens with zero attached hydrogens (tertiary/aromatic N) is 4. The molecular weight excluding hydrogens is 625 g/mol. The SMILES string of the molecule is CCOc1ccc(CN2CCN(C(=O)c3cc4cc(Oc5ccc(NC(=O)c6ccc(Cl)c(Cl)c6)cn5)ccc4n3C)CC2)cc1. The third kappa shape index (κ3) is 7.12. The van der Waals surface area contributed by atoms with Gasteiger partial charge in [-0.25, -0.2) is 4.98 Å². The number of piperazine rings is 1. The predicted octanol–water partition coefficient (Wildman–Crippen LogP) is 7.28. The Balaban J connectivity index is 1.06. The van der Waals surface area contributed by atoms with Gasteiger partial charge < -0.3 is 24.3 Å². The van der Waals surface area contributed by atoms with E-state index in [1.807, 2.05) is 59.8 Å². The molecule has 0 aliphatic carbocycles. The Kier molecular flexibility index (Phi) is 9.44. The fourth-order valence-electron chi connectivity index (χ4n) is 5.46. The molecule has 3 aromatic carbocycles. The van der Waals surface area contributed by atoms with E-state index in [4.69, 9.17) is 32.7 Å². The number of pyridine rings is 1. The van der Waals surface area contributed by atoms with Crippen molar-refractivity contribution in [1.29, 1.82) is 0 Å². The van der Waals surface area contributed by atoms with Gasteiger partial charge in [-0.15, -0.1) is 0 Å². The molecular formula is C35H33Cl2N5O4. The van der Waals surface area contributed by atoms with Crippen LogP contribution in [0.5, 0.6) is 17.4 Å². The van der Waals surface area contributed by atoms with Gasteiger partial charge in [0.1, 0.15) is 17.2 Å². The lowest BCUT2D eigenvalue weighted by atomic mass is 10.2. The molecule has 1 N–H and O–H groups in total. The zero-order valence-corrected chi connectivity index (χ0v) is 27.0. The first-order valence-corrected chi connectivity index (χ1v) is 15.8. The van der Waals surface area contributed by atoms with E-state index in [2.05, 4.69) is 27.3 Å². The normalized spacial score (nSPS) is 13.5. The number of aromatic nitrogens is 2. The number of carbonyl (C=O) groups excluding carboxylic acids is 2. The Morgan fingerprint density at radius 3 is 2.33 bits per heavy atom. The van der Waals surface area contributed by atoms with Crippen LogP contribution >= 0.6 is 23.2 Å². The lowest BCUT2D eigenvalue weighted by molar-refractivity contribution is 0.0619. The minimum absolute atomic E-state index is 0.0158.